The topological polar surface area (TPSA) is 78.9 Å². The molecule has 0 heterocycles. The van der Waals surface area contributed by atoms with Crippen molar-refractivity contribution < 1.29 is 28.6 Å². The number of carbonyl (C=O) groups is 3. The Labute approximate surface area is 509 Å². The Morgan fingerprint density at radius 3 is 0.756 bits per heavy atom. The first-order chi connectivity index (χ1) is 40.5. The molecule has 6 heteroatoms. The third-order valence-electron chi connectivity index (χ3n) is 15.6. The fourth-order valence-electron chi connectivity index (χ4n) is 10.3. The van der Waals surface area contributed by atoms with E-state index in [-0.39, 0.29) is 31.1 Å². The zero-order valence-corrected chi connectivity index (χ0v) is 54.5. The van der Waals surface area contributed by atoms with Gasteiger partial charge < -0.3 is 14.2 Å². The van der Waals surface area contributed by atoms with Gasteiger partial charge in [-0.1, -0.05) is 311 Å². The first-order valence-electron chi connectivity index (χ1n) is 35.6. The summed E-state index contributed by atoms with van der Waals surface area (Å²) in [4.78, 5) is 38.4. The van der Waals surface area contributed by atoms with Crippen LogP contribution < -0.4 is 0 Å². The number of allylic oxidation sites excluding steroid dienone is 14. The van der Waals surface area contributed by atoms with Crippen LogP contribution in [0.25, 0.3) is 0 Å². The van der Waals surface area contributed by atoms with E-state index in [4.69, 9.17) is 14.2 Å². The standard InChI is InChI=1S/C76H134O6/c1-4-7-10-13-16-19-22-25-28-30-31-32-33-34-35-36-37-38-39-40-41-42-43-44-45-47-48-51-54-57-60-63-66-69-75(78)81-72-73(71-80-74(77)68-65-62-59-56-53-50-27-24-21-18-15-12-9-6-3)82-76(79)70-67-64-61-58-55-52-49-46-29-26-23-20-17-14-11-8-5-2/h8,11,17,20,22,24-27,29-31,33-34,73H,4-7,9-10,12-16,18-19,21,23,28,32,35-72H2,1-3H3/b11-8-,20-17-,25-22-,27-24-,29-26-,31-30-,34-33-. The molecule has 82 heavy (non-hydrogen) atoms. The van der Waals surface area contributed by atoms with E-state index >= 15 is 0 Å². The lowest BCUT2D eigenvalue weighted by Gasteiger charge is -2.18. The molecule has 474 valence electrons. The maximum atomic E-state index is 12.9. The van der Waals surface area contributed by atoms with Crippen LogP contribution in [0.3, 0.4) is 0 Å². The van der Waals surface area contributed by atoms with E-state index in [2.05, 4.69) is 106 Å². The number of rotatable bonds is 65. The van der Waals surface area contributed by atoms with Crippen LogP contribution in [-0.2, 0) is 28.6 Å². The van der Waals surface area contributed by atoms with Crippen molar-refractivity contribution >= 4 is 17.9 Å². The molecule has 0 aliphatic carbocycles. The molecule has 0 N–H and O–H groups in total. The molecule has 0 saturated carbocycles. The van der Waals surface area contributed by atoms with Gasteiger partial charge in [0, 0.05) is 19.3 Å². The second-order valence-electron chi connectivity index (χ2n) is 23.8. The molecule has 0 rings (SSSR count). The minimum atomic E-state index is -0.785. The highest BCUT2D eigenvalue weighted by Gasteiger charge is 2.19. The van der Waals surface area contributed by atoms with Gasteiger partial charge in [0.25, 0.3) is 0 Å². The lowest BCUT2D eigenvalue weighted by atomic mass is 10.0. The number of carbonyl (C=O) groups excluding carboxylic acids is 3. The van der Waals surface area contributed by atoms with Crippen molar-refractivity contribution in [3.63, 3.8) is 0 Å². The zero-order valence-electron chi connectivity index (χ0n) is 54.5. The Hall–Kier alpha value is -3.41. The van der Waals surface area contributed by atoms with E-state index in [1.807, 2.05) is 0 Å². The first-order valence-corrected chi connectivity index (χ1v) is 35.6. The van der Waals surface area contributed by atoms with Crippen LogP contribution in [0.2, 0.25) is 0 Å². The fourth-order valence-corrected chi connectivity index (χ4v) is 10.3. The second-order valence-corrected chi connectivity index (χ2v) is 23.8. The monoisotopic (exact) mass is 1140 g/mol. The van der Waals surface area contributed by atoms with E-state index in [1.54, 1.807) is 0 Å². The third kappa shape index (κ3) is 67.4. The molecule has 0 saturated heterocycles. The van der Waals surface area contributed by atoms with Crippen LogP contribution in [0.1, 0.15) is 361 Å². The van der Waals surface area contributed by atoms with Gasteiger partial charge in [-0.25, -0.2) is 0 Å². The predicted octanol–water partition coefficient (Wildman–Crippen LogP) is 24.6. The van der Waals surface area contributed by atoms with Crippen LogP contribution in [-0.4, -0.2) is 37.2 Å². The molecular weight excluding hydrogens is 1010 g/mol. The highest BCUT2D eigenvalue weighted by atomic mass is 16.6. The van der Waals surface area contributed by atoms with Crippen molar-refractivity contribution in [3.8, 4) is 0 Å². The molecule has 0 aromatic carbocycles. The molecule has 1 unspecified atom stereocenters. The molecule has 6 nitrogen and oxygen atoms in total. The van der Waals surface area contributed by atoms with Gasteiger partial charge in [0.05, 0.1) is 0 Å². The molecule has 0 fully saturated rings. The molecule has 0 spiro atoms. The molecule has 0 amide bonds. The third-order valence-corrected chi connectivity index (χ3v) is 15.6. The van der Waals surface area contributed by atoms with E-state index in [0.29, 0.717) is 19.3 Å². The molecule has 0 aliphatic heterocycles. The van der Waals surface area contributed by atoms with Gasteiger partial charge in [-0.05, 0) is 116 Å². The van der Waals surface area contributed by atoms with Crippen molar-refractivity contribution in [2.45, 2.75) is 367 Å². The van der Waals surface area contributed by atoms with Crippen LogP contribution >= 0.6 is 0 Å². The minimum Gasteiger partial charge on any atom is -0.462 e. The molecule has 1 atom stereocenters. The van der Waals surface area contributed by atoms with Crippen LogP contribution in [0, 0.1) is 0 Å². The van der Waals surface area contributed by atoms with Crippen molar-refractivity contribution in [1.82, 2.24) is 0 Å². The number of ether oxygens (including phenoxy) is 3. The highest BCUT2D eigenvalue weighted by Crippen LogP contribution is 2.17. The average Bonchev–Trinajstić information content (AvgIpc) is 3.48. The van der Waals surface area contributed by atoms with Gasteiger partial charge in [-0.3, -0.25) is 14.4 Å². The van der Waals surface area contributed by atoms with Crippen LogP contribution in [0.5, 0.6) is 0 Å². The Morgan fingerprint density at radius 2 is 0.476 bits per heavy atom. The quantitative estimate of drug-likeness (QED) is 0.0261. The Kier molecular flexibility index (Phi) is 67.2. The van der Waals surface area contributed by atoms with E-state index in [9.17, 15) is 14.4 Å². The largest absolute Gasteiger partial charge is 0.462 e. The van der Waals surface area contributed by atoms with Gasteiger partial charge in [-0.2, -0.15) is 0 Å². The summed E-state index contributed by atoms with van der Waals surface area (Å²) in [6.45, 7) is 6.54. The maximum absolute atomic E-state index is 12.9. The van der Waals surface area contributed by atoms with Gasteiger partial charge in [0.1, 0.15) is 13.2 Å². The second kappa shape index (κ2) is 70.1. The average molecular weight is 1140 g/mol. The van der Waals surface area contributed by atoms with Gasteiger partial charge in [-0.15, -0.1) is 0 Å². The van der Waals surface area contributed by atoms with Crippen LogP contribution in [0.4, 0.5) is 0 Å². The summed E-state index contributed by atoms with van der Waals surface area (Å²) in [7, 11) is 0. The molecule has 0 bridgehead atoms. The van der Waals surface area contributed by atoms with Crippen molar-refractivity contribution in [1.29, 1.82) is 0 Å². The van der Waals surface area contributed by atoms with Crippen molar-refractivity contribution in [2.24, 2.45) is 0 Å². The lowest BCUT2D eigenvalue weighted by molar-refractivity contribution is -0.167. The van der Waals surface area contributed by atoms with Gasteiger partial charge >= 0.3 is 17.9 Å². The summed E-state index contributed by atoms with van der Waals surface area (Å²) < 4.78 is 17.0. The summed E-state index contributed by atoms with van der Waals surface area (Å²) >= 11 is 0. The Balaban J connectivity index is 4.18. The highest BCUT2D eigenvalue weighted by molar-refractivity contribution is 5.71. The molecule has 0 aliphatic rings. The van der Waals surface area contributed by atoms with Gasteiger partial charge in [0.15, 0.2) is 6.10 Å². The summed E-state index contributed by atoms with van der Waals surface area (Å²) in [6.07, 6.45) is 93.3. The summed E-state index contributed by atoms with van der Waals surface area (Å²) in [5, 5.41) is 0. The Bertz CT molecular complexity index is 1550. The molecule has 0 aromatic heterocycles. The van der Waals surface area contributed by atoms with Crippen molar-refractivity contribution in [2.75, 3.05) is 13.2 Å². The van der Waals surface area contributed by atoms with Gasteiger partial charge in [0.2, 0.25) is 0 Å². The number of esters is 3. The normalized spacial score (nSPS) is 12.6. The van der Waals surface area contributed by atoms with E-state index in [1.165, 1.54) is 218 Å². The number of hydrogen-bond acceptors (Lipinski definition) is 6. The fraction of sp³-hybridized carbons (Fsp3) is 0.776. The SMILES string of the molecule is CC/C=C\C/C=C\C/C=C\CCCCCCCCCC(=O)OC(COC(=O)CCCCCCC/C=C\CCCCCCC)COC(=O)CCCCCCCCCCCCCCCCCCCC/C=C\C/C=C\C/C=C\CCCCCCC. The smallest absolute Gasteiger partial charge is 0.306 e. The molecule has 0 radical (unpaired) electrons. The predicted molar refractivity (Wildman–Crippen MR) is 358 cm³/mol. The molecule has 0 aromatic rings. The zero-order chi connectivity index (χ0) is 59.2. The number of unbranched alkanes of at least 4 members (excludes halogenated alkanes) is 40. The van der Waals surface area contributed by atoms with Crippen molar-refractivity contribution in [3.05, 3.63) is 85.1 Å². The summed E-state index contributed by atoms with van der Waals surface area (Å²) in [6, 6.07) is 0. The number of hydrogen-bond donors (Lipinski definition) is 0. The summed E-state index contributed by atoms with van der Waals surface area (Å²) in [5.41, 5.74) is 0. The minimum absolute atomic E-state index is 0.0801. The van der Waals surface area contributed by atoms with E-state index in [0.717, 1.165) is 103 Å². The van der Waals surface area contributed by atoms with Crippen LogP contribution in [0.15, 0.2) is 85.1 Å². The maximum Gasteiger partial charge on any atom is 0.306 e. The first kappa shape index (κ1) is 78.6. The lowest BCUT2D eigenvalue weighted by Crippen LogP contribution is -2.30. The molecular formula is C76H134O6. The Morgan fingerprint density at radius 1 is 0.256 bits per heavy atom. The van der Waals surface area contributed by atoms with E-state index < -0.39 is 6.10 Å². The summed E-state index contributed by atoms with van der Waals surface area (Å²) in [5.74, 6) is -0.882.